The van der Waals surface area contributed by atoms with E-state index < -0.39 is 5.60 Å². The fourth-order valence-electron chi connectivity index (χ4n) is 3.52. The summed E-state index contributed by atoms with van der Waals surface area (Å²) >= 11 is 0. The Hall–Kier alpha value is -0.120. The van der Waals surface area contributed by atoms with Crippen LogP contribution >= 0.6 is 24.0 Å². The first kappa shape index (κ1) is 22.9. The van der Waals surface area contributed by atoms with Gasteiger partial charge in [-0.1, -0.05) is 19.3 Å². The molecule has 0 radical (unpaired) electrons. The van der Waals surface area contributed by atoms with Crippen LogP contribution in [0.1, 0.15) is 52.9 Å². The molecule has 1 aliphatic heterocycles. The number of morpholine rings is 1. The summed E-state index contributed by atoms with van der Waals surface area (Å²) in [7, 11) is 0. The van der Waals surface area contributed by atoms with Crippen LogP contribution in [-0.4, -0.2) is 73.0 Å². The molecule has 0 atom stereocenters. The van der Waals surface area contributed by atoms with Crippen LogP contribution in [0.3, 0.4) is 0 Å². The third-order valence-corrected chi connectivity index (χ3v) is 5.20. The molecule has 0 spiro atoms. The van der Waals surface area contributed by atoms with Crippen molar-refractivity contribution in [3.05, 3.63) is 0 Å². The number of nitrogens with one attached hydrogen (secondary N) is 2. The van der Waals surface area contributed by atoms with Crippen molar-refractivity contribution in [2.45, 2.75) is 64.0 Å². The van der Waals surface area contributed by atoms with E-state index in [0.717, 1.165) is 71.0 Å². The van der Waals surface area contributed by atoms with Crippen molar-refractivity contribution < 1.29 is 9.84 Å². The number of aliphatic imine (C=N–C) groups is 1. The van der Waals surface area contributed by atoms with Gasteiger partial charge in [-0.25, -0.2) is 0 Å². The molecule has 2 fully saturated rings. The van der Waals surface area contributed by atoms with E-state index in [1.165, 1.54) is 6.42 Å². The average Bonchev–Trinajstić information content (AvgIpc) is 2.59. The molecule has 0 amide bonds. The molecular formula is C18H37IN4O2. The lowest BCUT2D eigenvalue weighted by molar-refractivity contribution is -0.00691. The van der Waals surface area contributed by atoms with Gasteiger partial charge in [-0.2, -0.15) is 0 Å². The lowest BCUT2D eigenvalue weighted by atomic mass is 9.85. The lowest BCUT2D eigenvalue weighted by Crippen LogP contribution is -2.52. The molecular weight excluding hydrogens is 431 g/mol. The summed E-state index contributed by atoms with van der Waals surface area (Å²) in [5.74, 6) is 0.804. The van der Waals surface area contributed by atoms with Crippen LogP contribution in [0.15, 0.2) is 4.99 Å². The summed E-state index contributed by atoms with van der Waals surface area (Å²) in [6, 6.07) is 0. The first-order valence-electron chi connectivity index (χ1n) is 9.53. The smallest absolute Gasteiger partial charge is 0.191 e. The van der Waals surface area contributed by atoms with Crippen LogP contribution < -0.4 is 10.6 Å². The molecule has 0 aromatic heterocycles. The van der Waals surface area contributed by atoms with E-state index >= 15 is 0 Å². The van der Waals surface area contributed by atoms with E-state index in [0.29, 0.717) is 6.54 Å². The van der Waals surface area contributed by atoms with E-state index in [1.54, 1.807) is 0 Å². The lowest BCUT2D eigenvalue weighted by Gasteiger charge is -2.40. The van der Waals surface area contributed by atoms with Crippen LogP contribution in [0.25, 0.3) is 0 Å². The Morgan fingerprint density at radius 3 is 2.40 bits per heavy atom. The zero-order valence-electron chi connectivity index (χ0n) is 16.1. The van der Waals surface area contributed by atoms with Crippen molar-refractivity contribution in [3.63, 3.8) is 0 Å². The molecule has 6 nitrogen and oxygen atoms in total. The standard InChI is InChI=1S/C18H36N4O2.HI/c1-4-19-16(21-15-18(23)8-6-5-7-9-18)20-14-17(2,3)22-10-12-24-13-11-22;/h23H,4-15H2,1-3H3,(H2,19,20,21);1H. The number of rotatable bonds is 6. The SMILES string of the molecule is CCNC(=NCC(C)(C)N1CCOCC1)NCC1(O)CCCCC1.I. The fraction of sp³-hybridized carbons (Fsp3) is 0.944. The highest BCUT2D eigenvalue weighted by Gasteiger charge is 2.30. The molecule has 7 heteroatoms. The second-order valence-electron chi connectivity index (χ2n) is 7.75. The second kappa shape index (κ2) is 10.9. The second-order valence-corrected chi connectivity index (χ2v) is 7.75. The number of guanidine groups is 1. The Morgan fingerprint density at radius 1 is 1.16 bits per heavy atom. The van der Waals surface area contributed by atoms with Gasteiger partial charge in [0.15, 0.2) is 5.96 Å². The maximum absolute atomic E-state index is 10.7. The Labute approximate surface area is 170 Å². The van der Waals surface area contributed by atoms with Gasteiger partial charge in [0.1, 0.15) is 0 Å². The molecule has 1 heterocycles. The number of nitrogens with zero attached hydrogens (tertiary/aromatic N) is 2. The van der Waals surface area contributed by atoms with Crippen molar-refractivity contribution in [2.75, 3.05) is 45.9 Å². The number of halogens is 1. The highest BCUT2D eigenvalue weighted by Crippen LogP contribution is 2.27. The molecule has 2 rings (SSSR count). The molecule has 0 unspecified atom stereocenters. The molecule has 1 saturated carbocycles. The average molecular weight is 468 g/mol. The quantitative estimate of drug-likeness (QED) is 0.316. The van der Waals surface area contributed by atoms with Crippen LogP contribution in [-0.2, 0) is 4.74 Å². The summed E-state index contributed by atoms with van der Waals surface area (Å²) < 4.78 is 5.45. The van der Waals surface area contributed by atoms with E-state index in [1.807, 2.05) is 0 Å². The summed E-state index contributed by atoms with van der Waals surface area (Å²) in [6.45, 7) is 12.2. The van der Waals surface area contributed by atoms with Gasteiger partial charge in [-0.15, -0.1) is 24.0 Å². The summed E-state index contributed by atoms with van der Waals surface area (Å²) in [4.78, 5) is 7.22. The first-order valence-corrected chi connectivity index (χ1v) is 9.53. The highest BCUT2D eigenvalue weighted by atomic mass is 127. The van der Waals surface area contributed by atoms with Gasteiger partial charge in [0.25, 0.3) is 0 Å². The largest absolute Gasteiger partial charge is 0.388 e. The van der Waals surface area contributed by atoms with Crippen molar-refractivity contribution in [2.24, 2.45) is 4.99 Å². The van der Waals surface area contributed by atoms with E-state index in [2.05, 4.69) is 36.3 Å². The van der Waals surface area contributed by atoms with Crippen molar-refractivity contribution in [1.82, 2.24) is 15.5 Å². The minimum atomic E-state index is -0.575. The highest BCUT2D eigenvalue weighted by molar-refractivity contribution is 14.0. The molecule has 1 aliphatic carbocycles. The van der Waals surface area contributed by atoms with Gasteiger partial charge >= 0.3 is 0 Å². The van der Waals surface area contributed by atoms with Gasteiger partial charge in [-0.3, -0.25) is 9.89 Å². The van der Waals surface area contributed by atoms with Gasteiger partial charge in [-0.05, 0) is 33.6 Å². The third kappa shape index (κ3) is 7.56. The maximum Gasteiger partial charge on any atom is 0.191 e. The molecule has 3 N–H and O–H groups in total. The third-order valence-electron chi connectivity index (χ3n) is 5.20. The number of hydrogen-bond acceptors (Lipinski definition) is 4. The maximum atomic E-state index is 10.7. The zero-order chi connectivity index (χ0) is 17.5. The number of hydrogen-bond donors (Lipinski definition) is 3. The van der Waals surface area contributed by atoms with E-state index in [4.69, 9.17) is 9.73 Å². The van der Waals surface area contributed by atoms with Crippen LogP contribution in [0, 0.1) is 0 Å². The van der Waals surface area contributed by atoms with Gasteiger partial charge in [0.05, 0.1) is 25.4 Å². The summed E-state index contributed by atoms with van der Waals surface area (Å²) in [5, 5.41) is 17.3. The van der Waals surface area contributed by atoms with Crippen molar-refractivity contribution in [3.8, 4) is 0 Å². The Balaban J connectivity index is 0.00000312. The first-order chi connectivity index (χ1) is 11.5. The minimum absolute atomic E-state index is 0. The molecule has 0 aromatic rings. The fourth-order valence-corrected chi connectivity index (χ4v) is 3.52. The molecule has 0 bridgehead atoms. The van der Waals surface area contributed by atoms with Gasteiger partial charge in [0, 0.05) is 31.7 Å². The Kier molecular flexibility index (Phi) is 9.98. The molecule has 0 aromatic carbocycles. The number of aliphatic hydroxyl groups is 1. The molecule has 25 heavy (non-hydrogen) atoms. The minimum Gasteiger partial charge on any atom is -0.388 e. The topological polar surface area (TPSA) is 69.1 Å². The summed E-state index contributed by atoms with van der Waals surface area (Å²) in [6.07, 6.45) is 5.26. The van der Waals surface area contributed by atoms with E-state index in [9.17, 15) is 5.11 Å². The van der Waals surface area contributed by atoms with Crippen molar-refractivity contribution in [1.29, 1.82) is 0 Å². The zero-order valence-corrected chi connectivity index (χ0v) is 18.5. The predicted octanol–water partition coefficient (Wildman–Crippen LogP) is 1.97. The number of ether oxygens (including phenoxy) is 1. The Morgan fingerprint density at radius 2 is 1.80 bits per heavy atom. The van der Waals surface area contributed by atoms with E-state index in [-0.39, 0.29) is 29.5 Å². The molecule has 148 valence electrons. The molecule has 1 saturated heterocycles. The van der Waals surface area contributed by atoms with Crippen LogP contribution in [0.5, 0.6) is 0 Å². The van der Waals surface area contributed by atoms with Gasteiger partial charge in [0.2, 0.25) is 0 Å². The Bertz CT molecular complexity index is 406. The van der Waals surface area contributed by atoms with Crippen LogP contribution in [0.2, 0.25) is 0 Å². The normalized spacial score (nSPS) is 22.2. The summed E-state index contributed by atoms with van der Waals surface area (Å²) in [5.41, 5.74) is -0.567. The monoisotopic (exact) mass is 468 g/mol. The predicted molar refractivity (Wildman–Crippen MR) is 114 cm³/mol. The molecule has 2 aliphatic rings. The van der Waals surface area contributed by atoms with Crippen LogP contribution in [0.4, 0.5) is 0 Å². The van der Waals surface area contributed by atoms with Crippen molar-refractivity contribution >= 4 is 29.9 Å². The van der Waals surface area contributed by atoms with Gasteiger partial charge < -0.3 is 20.5 Å².